The van der Waals surface area contributed by atoms with Crippen molar-refractivity contribution in [2.75, 3.05) is 13.7 Å². The molecule has 2 atom stereocenters. The molecule has 1 aromatic carbocycles. The molecule has 1 aliphatic heterocycles. The van der Waals surface area contributed by atoms with E-state index in [-0.39, 0.29) is 17.5 Å². The van der Waals surface area contributed by atoms with E-state index >= 15 is 0 Å². The predicted molar refractivity (Wildman–Crippen MR) is 76.3 cm³/mol. The van der Waals surface area contributed by atoms with Crippen LogP contribution in [-0.4, -0.2) is 30.4 Å². The Labute approximate surface area is 128 Å². The highest BCUT2D eigenvalue weighted by Crippen LogP contribution is 2.34. The van der Waals surface area contributed by atoms with Gasteiger partial charge in [0.25, 0.3) is 6.43 Å². The smallest absolute Gasteiger partial charge is 0.396 e. The van der Waals surface area contributed by atoms with E-state index < -0.39 is 18.3 Å². The molecule has 1 heterocycles. The summed E-state index contributed by atoms with van der Waals surface area (Å²) in [6, 6.07) is 5.63. The summed E-state index contributed by atoms with van der Waals surface area (Å²) >= 11 is 0. The summed E-state index contributed by atoms with van der Waals surface area (Å²) in [6.45, 7) is 2.46. The van der Waals surface area contributed by atoms with Crippen LogP contribution in [0.4, 0.5) is 8.78 Å². The van der Waals surface area contributed by atoms with Gasteiger partial charge in [0, 0.05) is 12.1 Å². The van der Waals surface area contributed by atoms with Gasteiger partial charge in [-0.1, -0.05) is 31.2 Å². The van der Waals surface area contributed by atoms with E-state index in [0.29, 0.717) is 13.0 Å². The molecule has 1 aliphatic rings. The highest BCUT2D eigenvalue weighted by atomic mass is 19.3. The van der Waals surface area contributed by atoms with Crippen LogP contribution in [0.25, 0.3) is 0 Å². The number of piperidine rings is 1. The number of likely N-dealkylation sites (tertiary alicyclic amines) is 1. The van der Waals surface area contributed by atoms with Crippen LogP contribution in [0.2, 0.25) is 0 Å². The molecule has 0 aromatic heterocycles. The molecule has 4 nitrogen and oxygen atoms in total. The second-order valence-corrected chi connectivity index (χ2v) is 5.61. The van der Waals surface area contributed by atoms with Crippen molar-refractivity contribution < 1.29 is 23.1 Å². The molecule has 0 radical (unpaired) electrons. The van der Waals surface area contributed by atoms with E-state index in [1.54, 1.807) is 12.1 Å². The van der Waals surface area contributed by atoms with Crippen LogP contribution in [0.3, 0.4) is 0 Å². The molecule has 1 fully saturated rings. The highest BCUT2D eigenvalue weighted by Gasteiger charge is 2.34. The zero-order valence-corrected chi connectivity index (χ0v) is 12.6. The van der Waals surface area contributed by atoms with E-state index in [9.17, 15) is 18.4 Å². The molecule has 0 N–H and O–H groups in total. The summed E-state index contributed by atoms with van der Waals surface area (Å²) in [6.07, 6.45) is -0.919. The van der Waals surface area contributed by atoms with Gasteiger partial charge in [-0.2, -0.15) is 0 Å². The van der Waals surface area contributed by atoms with Gasteiger partial charge in [0.15, 0.2) is 0 Å². The summed E-state index contributed by atoms with van der Waals surface area (Å²) in [7, 11) is 1.17. The van der Waals surface area contributed by atoms with Crippen molar-refractivity contribution >= 4 is 11.9 Å². The molecule has 0 spiro atoms. The minimum absolute atomic E-state index is 0.0567. The van der Waals surface area contributed by atoms with E-state index in [0.717, 1.165) is 12.0 Å². The third-order valence-corrected chi connectivity index (χ3v) is 4.01. The summed E-state index contributed by atoms with van der Waals surface area (Å²) in [5, 5.41) is 0. The maximum atomic E-state index is 12.6. The lowest BCUT2D eigenvalue weighted by atomic mass is 9.89. The number of halogens is 2. The third kappa shape index (κ3) is 3.43. The summed E-state index contributed by atoms with van der Waals surface area (Å²) < 4.78 is 29.8. The van der Waals surface area contributed by atoms with Gasteiger partial charge in [0.1, 0.15) is 0 Å². The van der Waals surface area contributed by atoms with E-state index in [1.165, 1.54) is 24.1 Å². The molecule has 0 saturated carbocycles. The molecule has 120 valence electrons. The number of rotatable bonds is 2. The largest absolute Gasteiger partial charge is 0.462 e. The minimum atomic E-state index is -2.52. The number of carbonyl (C=O) groups is 2. The van der Waals surface area contributed by atoms with Crippen molar-refractivity contribution in [2.24, 2.45) is 5.92 Å². The number of carbonyl (C=O) groups excluding carboxylic acids is 2. The zero-order chi connectivity index (χ0) is 16.3. The molecule has 2 rings (SSSR count). The number of esters is 1. The van der Waals surface area contributed by atoms with Crippen molar-refractivity contribution in [3.05, 3.63) is 35.4 Å². The lowest BCUT2D eigenvalue weighted by molar-refractivity contribution is -0.160. The lowest BCUT2D eigenvalue weighted by Gasteiger charge is -2.38. The van der Waals surface area contributed by atoms with Gasteiger partial charge in [-0.05, 0) is 24.3 Å². The van der Waals surface area contributed by atoms with Crippen LogP contribution in [0.1, 0.15) is 43.4 Å². The van der Waals surface area contributed by atoms with Crippen molar-refractivity contribution in [3.8, 4) is 0 Å². The first-order valence-corrected chi connectivity index (χ1v) is 7.21. The molecular formula is C16H19F2NO3. The molecule has 1 amide bonds. The maximum absolute atomic E-state index is 12.6. The summed E-state index contributed by atoms with van der Waals surface area (Å²) in [5.41, 5.74) is 0.701. The van der Waals surface area contributed by atoms with Crippen LogP contribution in [0.5, 0.6) is 0 Å². The lowest BCUT2D eigenvalue weighted by Crippen LogP contribution is -2.45. The van der Waals surface area contributed by atoms with Gasteiger partial charge in [-0.3, -0.25) is 4.79 Å². The standard InChI is InChI=1S/C16H19F2NO3/c1-10-3-8-13(19(9-10)15(20)16(21)22-2)11-4-6-12(7-5-11)14(17)18/h4-7,10,13-14H,3,8-9H2,1-2H3. The molecule has 22 heavy (non-hydrogen) atoms. The molecule has 0 aliphatic carbocycles. The van der Waals surface area contributed by atoms with E-state index in [4.69, 9.17) is 0 Å². The van der Waals surface area contributed by atoms with Gasteiger partial charge < -0.3 is 9.64 Å². The molecule has 2 unspecified atom stereocenters. The first-order valence-electron chi connectivity index (χ1n) is 7.21. The minimum Gasteiger partial charge on any atom is -0.462 e. The Morgan fingerprint density at radius 2 is 1.86 bits per heavy atom. The van der Waals surface area contributed by atoms with Crippen LogP contribution in [0, 0.1) is 5.92 Å². The first-order chi connectivity index (χ1) is 10.4. The van der Waals surface area contributed by atoms with Crippen LogP contribution >= 0.6 is 0 Å². The Morgan fingerprint density at radius 3 is 2.41 bits per heavy atom. The summed E-state index contributed by atoms with van der Waals surface area (Å²) in [5.74, 6) is -1.30. The SMILES string of the molecule is COC(=O)C(=O)N1CC(C)CCC1c1ccc(C(F)F)cc1. The molecule has 1 saturated heterocycles. The molecule has 0 bridgehead atoms. The first kappa shape index (κ1) is 16.4. The average Bonchev–Trinajstić information content (AvgIpc) is 2.53. The number of alkyl halides is 2. The molecular weight excluding hydrogens is 292 g/mol. The second kappa shape index (κ2) is 6.85. The van der Waals surface area contributed by atoms with Crippen molar-refractivity contribution in [1.29, 1.82) is 0 Å². The average molecular weight is 311 g/mol. The normalized spacial score (nSPS) is 21.8. The van der Waals surface area contributed by atoms with Crippen LogP contribution in [0.15, 0.2) is 24.3 Å². The van der Waals surface area contributed by atoms with Crippen molar-refractivity contribution in [1.82, 2.24) is 4.90 Å². The van der Waals surface area contributed by atoms with Crippen molar-refractivity contribution in [3.63, 3.8) is 0 Å². The Balaban J connectivity index is 2.25. The fraction of sp³-hybridized carbons (Fsp3) is 0.500. The number of nitrogens with zero attached hydrogens (tertiary/aromatic N) is 1. The number of hydrogen-bond acceptors (Lipinski definition) is 3. The predicted octanol–water partition coefficient (Wildman–Crippen LogP) is 3.10. The van der Waals surface area contributed by atoms with Crippen molar-refractivity contribution in [2.45, 2.75) is 32.2 Å². The highest BCUT2D eigenvalue weighted by molar-refractivity contribution is 6.32. The van der Waals surface area contributed by atoms with Crippen LogP contribution < -0.4 is 0 Å². The number of hydrogen-bond donors (Lipinski definition) is 0. The van der Waals surface area contributed by atoms with Gasteiger partial charge in [-0.25, -0.2) is 13.6 Å². The van der Waals surface area contributed by atoms with E-state index in [2.05, 4.69) is 4.74 Å². The number of benzene rings is 1. The Morgan fingerprint density at radius 1 is 1.23 bits per heavy atom. The number of amides is 1. The molecule has 1 aromatic rings. The number of methoxy groups -OCH3 is 1. The van der Waals surface area contributed by atoms with Gasteiger partial charge in [0.2, 0.25) is 0 Å². The Bertz CT molecular complexity index is 545. The number of ether oxygens (including phenoxy) is 1. The van der Waals surface area contributed by atoms with Gasteiger partial charge >= 0.3 is 11.9 Å². The second-order valence-electron chi connectivity index (χ2n) is 5.61. The van der Waals surface area contributed by atoms with Crippen LogP contribution in [-0.2, 0) is 14.3 Å². The van der Waals surface area contributed by atoms with Gasteiger partial charge in [0.05, 0.1) is 13.2 Å². The van der Waals surface area contributed by atoms with Gasteiger partial charge in [-0.15, -0.1) is 0 Å². The Hall–Kier alpha value is -1.98. The monoisotopic (exact) mass is 311 g/mol. The fourth-order valence-electron chi connectivity index (χ4n) is 2.79. The van der Waals surface area contributed by atoms with E-state index in [1.807, 2.05) is 6.92 Å². The maximum Gasteiger partial charge on any atom is 0.396 e. The fourth-order valence-corrected chi connectivity index (χ4v) is 2.79. The zero-order valence-electron chi connectivity index (χ0n) is 12.6. The quantitative estimate of drug-likeness (QED) is 0.623. The Kier molecular flexibility index (Phi) is 5.11. The molecule has 6 heteroatoms. The summed E-state index contributed by atoms with van der Waals surface area (Å²) in [4.78, 5) is 25.2. The third-order valence-electron chi connectivity index (χ3n) is 4.01. The topological polar surface area (TPSA) is 46.6 Å².